The molecule has 2 aliphatic heterocycles. The van der Waals surface area contributed by atoms with Gasteiger partial charge in [-0.1, -0.05) is 12.6 Å². The van der Waals surface area contributed by atoms with Gasteiger partial charge in [0.15, 0.2) is 0 Å². The number of benzene rings is 2. The van der Waals surface area contributed by atoms with Gasteiger partial charge in [-0.3, -0.25) is 14.3 Å². The molecule has 12 heteroatoms. The van der Waals surface area contributed by atoms with Crippen molar-refractivity contribution in [2.24, 2.45) is 0 Å². The number of pyridine rings is 1. The molecular formula is C34H29F2N5O4S. The van der Waals surface area contributed by atoms with Gasteiger partial charge >= 0.3 is 0 Å². The molecule has 0 saturated heterocycles. The predicted molar refractivity (Wildman–Crippen MR) is 170 cm³/mol. The van der Waals surface area contributed by atoms with E-state index in [-0.39, 0.29) is 42.4 Å². The number of fused-ring (bicyclic) bond motifs is 3. The third kappa shape index (κ3) is 4.94. The Hall–Kier alpha value is -4.94. The molecule has 0 unspecified atom stereocenters. The van der Waals surface area contributed by atoms with Crippen LogP contribution in [0.3, 0.4) is 0 Å². The Morgan fingerprint density at radius 2 is 1.98 bits per heavy atom. The van der Waals surface area contributed by atoms with Gasteiger partial charge < -0.3 is 19.7 Å². The fourth-order valence-electron chi connectivity index (χ4n) is 6.22. The van der Waals surface area contributed by atoms with Gasteiger partial charge in [-0.05, 0) is 48.2 Å². The van der Waals surface area contributed by atoms with Crippen LogP contribution in [0.2, 0.25) is 0 Å². The first-order chi connectivity index (χ1) is 22.3. The summed E-state index contributed by atoms with van der Waals surface area (Å²) in [7, 11) is 1.52. The molecule has 0 fully saturated rings. The van der Waals surface area contributed by atoms with Crippen molar-refractivity contribution in [3.05, 3.63) is 89.0 Å². The number of hydrogen-bond donors (Lipinski definition) is 1. The molecule has 2 aliphatic rings. The highest BCUT2D eigenvalue weighted by Gasteiger charge is 2.31. The molecule has 2 aromatic carbocycles. The molecule has 0 spiro atoms. The van der Waals surface area contributed by atoms with Gasteiger partial charge in [0.05, 0.1) is 36.1 Å². The first kappa shape index (κ1) is 29.8. The van der Waals surface area contributed by atoms with E-state index in [1.165, 1.54) is 24.5 Å². The maximum absolute atomic E-state index is 16.0. The van der Waals surface area contributed by atoms with Crippen molar-refractivity contribution in [2.45, 2.75) is 26.1 Å². The Kier molecular flexibility index (Phi) is 7.61. The second-order valence-electron chi connectivity index (χ2n) is 11.1. The number of nitrogens with zero attached hydrogens (tertiary/aromatic N) is 4. The average molecular weight is 642 g/mol. The predicted octanol–water partition coefficient (Wildman–Crippen LogP) is 6.13. The number of amides is 2. The zero-order valence-corrected chi connectivity index (χ0v) is 25.9. The number of ether oxygens (including phenoxy) is 2. The van der Waals surface area contributed by atoms with Crippen LogP contribution in [0.5, 0.6) is 5.75 Å². The second kappa shape index (κ2) is 11.8. The van der Waals surface area contributed by atoms with Crippen molar-refractivity contribution >= 4 is 33.2 Å². The minimum Gasteiger partial charge on any atom is -0.490 e. The summed E-state index contributed by atoms with van der Waals surface area (Å²) in [4.78, 5) is 31.7. The number of carbonyl (C=O) groups excluding carboxylic acids is 2. The first-order valence-corrected chi connectivity index (χ1v) is 15.6. The molecule has 5 heterocycles. The molecule has 1 atom stereocenters. The number of hydrogen-bond acceptors (Lipinski definition) is 7. The van der Waals surface area contributed by atoms with Gasteiger partial charge in [0.1, 0.15) is 35.4 Å². The largest absolute Gasteiger partial charge is 0.490 e. The number of methoxy groups -OCH3 is 1. The summed E-state index contributed by atoms with van der Waals surface area (Å²) in [5, 5.41) is 10.4. The zero-order chi connectivity index (χ0) is 32.1. The standard InChI is InChI=1S/C34H29F2N5O4S/c1-4-28(42)40-8-9-41-26(18(40)2)16-25(39-41)32-30(29-24(36)14-21(35)15-27(29)45-11-10-44-3)33-23(7-12-46-33)31(38-32)19-5-6-22-20(13-19)17-37-34(22)43/h4-7,12-16,18H,1,8-11,17H2,2-3H3,(H,37,43)/t18-/m1/s1. The van der Waals surface area contributed by atoms with Crippen molar-refractivity contribution in [1.29, 1.82) is 0 Å². The van der Waals surface area contributed by atoms with E-state index in [1.54, 1.807) is 11.0 Å². The van der Waals surface area contributed by atoms with E-state index < -0.39 is 11.6 Å². The number of rotatable bonds is 8. The van der Waals surface area contributed by atoms with Crippen LogP contribution in [-0.4, -0.2) is 58.3 Å². The minimum absolute atomic E-state index is 0.0160. The van der Waals surface area contributed by atoms with Crippen LogP contribution in [0.1, 0.15) is 34.6 Å². The van der Waals surface area contributed by atoms with Crippen LogP contribution in [-0.2, 0) is 22.6 Å². The van der Waals surface area contributed by atoms with Crippen molar-refractivity contribution in [3.8, 4) is 39.5 Å². The van der Waals surface area contributed by atoms with Crippen molar-refractivity contribution in [3.63, 3.8) is 0 Å². The lowest BCUT2D eigenvalue weighted by Crippen LogP contribution is -2.40. The monoisotopic (exact) mass is 641 g/mol. The minimum atomic E-state index is -0.805. The molecule has 0 bridgehead atoms. The smallest absolute Gasteiger partial charge is 0.251 e. The second-order valence-corrected chi connectivity index (χ2v) is 12.0. The Balaban J connectivity index is 1.49. The summed E-state index contributed by atoms with van der Waals surface area (Å²) in [6.45, 7) is 7.15. The lowest BCUT2D eigenvalue weighted by atomic mass is 9.95. The van der Waals surface area contributed by atoms with E-state index in [2.05, 4.69) is 11.9 Å². The van der Waals surface area contributed by atoms with E-state index in [9.17, 15) is 14.0 Å². The van der Waals surface area contributed by atoms with Gasteiger partial charge in [0.2, 0.25) is 5.91 Å². The molecule has 2 amide bonds. The summed E-state index contributed by atoms with van der Waals surface area (Å²) in [6, 6.07) is 11.0. The molecule has 5 aromatic rings. The van der Waals surface area contributed by atoms with Gasteiger partial charge in [-0.2, -0.15) is 5.10 Å². The Morgan fingerprint density at radius 3 is 2.78 bits per heavy atom. The first-order valence-electron chi connectivity index (χ1n) is 14.7. The lowest BCUT2D eigenvalue weighted by molar-refractivity contribution is -0.129. The van der Waals surface area contributed by atoms with Crippen molar-refractivity contribution in [1.82, 2.24) is 25.0 Å². The maximum Gasteiger partial charge on any atom is 0.251 e. The topological polar surface area (TPSA) is 98.6 Å². The van der Waals surface area contributed by atoms with Crippen LogP contribution in [0, 0.1) is 11.6 Å². The summed E-state index contributed by atoms with van der Waals surface area (Å²) < 4.78 is 44.2. The van der Waals surface area contributed by atoms with Gasteiger partial charge in [0, 0.05) is 59.1 Å². The van der Waals surface area contributed by atoms with Crippen LogP contribution in [0.15, 0.2) is 60.5 Å². The molecule has 0 aliphatic carbocycles. The summed E-state index contributed by atoms with van der Waals surface area (Å²) >= 11 is 1.40. The van der Waals surface area contributed by atoms with Crippen LogP contribution >= 0.6 is 11.3 Å². The number of aromatic nitrogens is 3. The molecular weight excluding hydrogens is 612 g/mol. The number of thiophene rings is 1. The van der Waals surface area contributed by atoms with E-state index in [0.717, 1.165) is 34.3 Å². The highest BCUT2D eigenvalue weighted by molar-refractivity contribution is 7.18. The fraction of sp³-hybridized carbons (Fsp3) is 0.235. The van der Waals surface area contributed by atoms with E-state index in [4.69, 9.17) is 19.6 Å². The summed E-state index contributed by atoms with van der Waals surface area (Å²) in [5.74, 6) is -1.87. The van der Waals surface area contributed by atoms with Crippen LogP contribution < -0.4 is 10.1 Å². The van der Waals surface area contributed by atoms with Crippen LogP contribution in [0.25, 0.3) is 43.9 Å². The Morgan fingerprint density at radius 1 is 1.13 bits per heavy atom. The zero-order valence-electron chi connectivity index (χ0n) is 25.1. The number of carbonyl (C=O) groups is 2. The lowest BCUT2D eigenvalue weighted by Gasteiger charge is -2.33. The SMILES string of the molecule is C=CC(=O)N1CCn2nc(-c3nc(-c4ccc5c(c4)CNC5=O)c4ccsc4c3-c3c(F)cc(F)cc3OCCOC)cc2[C@H]1C. The molecule has 0 radical (unpaired) electrons. The third-order valence-electron chi connectivity index (χ3n) is 8.44. The fourth-order valence-corrected chi connectivity index (χ4v) is 7.17. The Labute approximate surface area is 267 Å². The summed E-state index contributed by atoms with van der Waals surface area (Å²) in [5.41, 5.74) is 4.98. The van der Waals surface area contributed by atoms with Gasteiger partial charge in [0.25, 0.3) is 5.91 Å². The van der Waals surface area contributed by atoms with E-state index in [0.29, 0.717) is 52.5 Å². The third-order valence-corrected chi connectivity index (χ3v) is 9.38. The molecule has 1 N–H and O–H groups in total. The summed E-state index contributed by atoms with van der Waals surface area (Å²) in [6.07, 6.45) is 1.29. The Bertz CT molecular complexity index is 2060. The van der Waals surface area contributed by atoms with Crippen molar-refractivity contribution in [2.75, 3.05) is 26.9 Å². The van der Waals surface area contributed by atoms with E-state index >= 15 is 4.39 Å². The van der Waals surface area contributed by atoms with Gasteiger partial charge in [-0.15, -0.1) is 11.3 Å². The highest BCUT2D eigenvalue weighted by Crippen LogP contribution is 2.47. The van der Waals surface area contributed by atoms with Gasteiger partial charge in [-0.25, -0.2) is 13.8 Å². The maximum atomic E-state index is 16.0. The molecule has 9 nitrogen and oxygen atoms in total. The normalized spacial score (nSPS) is 15.5. The number of nitrogens with one attached hydrogen (secondary N) is 1. The average Bonchev–Trinajstić information content (AvgIpc) is 3.79. The molecule has 7 rings (SSSR count). The van der Waals surface area contributed by atoms with Crippen molar-refractivity contribution < 1.29 is 27.8 Å². The highest BCUT2D eigenvalue weighted by atomic mass is 32.1. The molecule has 3 aromatic heterocycles. The van der Waals surface area contributed by atoms with Crippen LogP contribution in [0.4, 0.5) is 8.78 Å². The molecule has 0 saturated carbocycles. The van der Waals surface area contributed by atoms with E-state index in [1.807, 2.05) is 41.3 Å². The number of halogens is 2. The molecule has 234 valence electrons. The molecule has 46 heavy (non-hydrogen) atoms. The quantitative estimate of drug-likeness (QED) is 0.162.